The minimum Gasteiger partial charge on any atom is -0.373 e. The quantitative estimate of drug-likeness (QED) is 0.804. The number of ether oxygens (including phenoxy) is 1. The molecule has 3 heterocycles. The molecule has 8 nitrogen and oxygen atoms in total. The number of carbonyl (C=O) groups excluding carboxylic acids is 1. The number of thiazole rings is 1. The maximum absolute atomic E-state index is 12.3. The van der Waals surface area contributed by atoms with E-state index in [0.717, 1.165) is 25.3 Å². The minimum atomic E-state index is -0.274. The van der Waals surface area contributed by atoms with Crippen LogP contribution in [0.5, 0.6) is 0 Å². The third-order valence-corrected chi connectivity index (χ3v) is 5.16. The SMILES string of the molecule is Cc1nc(C)c(CC(=O)Nc2nc(CN3C[C@@H](C)O[C@@H](C)C3)cs2)c(=O)[nH]1. The highest BCUT2D eigenvalue weighted by Crippen LogP contribution is 2.19. The summed E-state index contributed by atoms with van der Waals surface area (Å²) in [6.45, 7) is 10.0. The maximum Gasteiger partial charge on any atom is 0.254 e. The number of anilines is 1. The highest BCUT2D eigenvalue weighted by molar-refractivity contribution is 7.13. The number of H-pyrrole nitrogens is 1. The van der Waals surface area contributed by atoms with Crippen molar-refractivity contribution in [2.75, 3.05) is 18.4 Å². The van der Waals surface area contributed by atoms with Crippen molar-refractivity contribution in [1.29, 1.82) is 0 Å². The van der Waals surface area contributed by atoms with E-state index < -0.39 is 0 Å². The number of amides is 1. The Hall–Kier alpha value is -2.10. The van der Waals surface area contributed by atoms with E-state index in [1.807, 2.05) is 5.38 Å². The lowest BCUT2D eigenvalue weighted by Gasteiger charge is -2.34. The van der Waals surface area contributed by atoms with Gasteiger partial charge >= 0.3 is 0 Å². The molecule has 1 amide bonds. The molecule has 146 valence electrons. The highest BCUT2D eigenvalue weighted by atomic mass is 32.1. The maximum atomic E-state index is 12.3. The second kappa shape index (κ2) is 8.28. The fraction of sp³-hybridized carbons (Fsp3) is 0.556. The van der Waals surface area contributed by atoms with Gasteiger partial charge < -0.3 is 15.0 Å². The number of carbonyl (C=O) groups is 1. The summed E-state index contributed by atoms with van der Waals surface area (Å²) < 4.78 is 5.75. The summed E-state index contributed by atoms with van der Waals surface area (Å²) in [5.74, 6) is 0.266. The Morgan fingerprint density at radius 1 is 1.33 bits per heavy atom. The van der Waals surface area contributed by atoms with Gasteiger partial charge in [0.25, 0.3) is 5.56 Å². The van der Waals surface area contributed by atoms with E-state index in [1.54, 1.807) is 13.8 Å². The molecule has 2 aromatic heterocycles. The summed E-state index contributed by atoms with van der Waals surface area (Å²) in [5.41, 5.74) is 1.60. The average Bonchev–Trinajstić information content (AvgIpc) is 2.96. The average molecular weight is 391 g/mol. The topological polar surface area (TPSA) is 100 Å². The zero-order valence-electron chi connectivity index (χ0n) is 16.0. The molecule has 3 rings (SSSR count). The molecule has 0 aromatic carbocycles. The van der Waals surface area contributed by atoms with Gasteiger partial charge in [-0.05, 0) is 27.7 Å². The van der Waals surface area contributed by atoms with Crippen LogP contribution in [0.2, 0.25) is 0 Å². The zero-order chi connectivity index (χ0) is 19.6. The van der Waals surface area contributed by atoms with E-state index >= 15 is 0 Å². The van der Waals surface area contributed by atoms with E-state index in [1.165, 1.54) is 11.3 Å². The van der Waals surface area contributed by atoms with Gasteiger partial charge in [0.05, 0.1) is 24.3 Å². The number of aromatic amines is 1. The number of nitrogens with one attached hydrogen (secondary N) is 2. The molecule has 1 aliphatic rings. The summed E-state index contributed by atoms with van der Waals surface area (Å²) in [4.78, 5) is 38.0. The first-order valence-electron chi connectivity index (χ1n) is 8.98. The van der Waals surface area contributed by atoms with Crippen LogP contribution in [-0.2, 0) is 22.5 Å². The molecule has 1 fully saturated rings. The Morgan fingerprint density at radius 2 is 2.04 bits per heavy atom. The first-order chi connectivity index (χ1) is 12.8. The Kier molecular flexibility index (Phi) is 6.03. The van der Waals surface area contributed by atoms with Gasteiger partial charge in [-0.15, -0.1) is 11.3 Å². The fourth-order valence-corrected chi connectivity index (χ4v) is 4.08. The van der Waals surface area contributed by atoms with Crippen LogP contribution in [0.3, 0.4) is 0 Å². The molecule has 0 aliphatic carbocycles. The lowest BCUT2D eigenvalue weighted by atomic mass is 10.1. The number of rotatable bonds is 5. The van der Waals surface area contributed by atoms with Gasteiger partial charge in [-0.2, -0.15) is 0 Å². The fourth-order valence-electron chi connectivity index (χ4n) is 3.36. The van der Waals surface area contributed by atoms with Crippen LogP contribution in [0.25, 0.3) is 0 Å². The summed E-state index contributed by atoms with van der Waals surface area (Å²) >= 11 is 1.39. The smallest absolute Gasteiger partial charge is 0.254 e. The predicted octanol–water partition coefficient (Wildman–Crippen LogP) is 1.63. The normalized spacial score (nSPS) is 20.6. The zero-order valence-corrected chi connectivity index (χ0v) is 16.9. The number of aryl methyl sites for hydroxylation is 2. The monoisotopic (exact) mass is 391 g/mol. The van der Waals surface area contributed by atoms with E-state index in [4.69, 9.17) is 4.74 Å². The molecule has 0 unspecified atom stereocenters. The Balaban J connectivity index is 1.59. The second-order valence-corrected chi connectivity index (χ2v) is 7.89. The van der Waals surface area contributed by atoms with Gasteiger partial charge in [0, 0.05) is 36.3 Å². The first kappa shape index (κ1) is 19.7. The highest BCUT2D eigenvalue weighted by Gasteiger charge is 2.23. The standard InChI is InChI=1S/C18H25N5O3S/c1-10-6-23(7-11(2)26-10)8-14-9-27-18(21-14)22-16(24)5-15-12(3)19-13(4)20-17(15)25/h9-11H,5-8H2,1-4H3,(H,19,20,25)(H,21,22,24)/t10-,11+. The number of nitrogens with zero attached hydrogens (tertiary/aromatic N) is 3. The lowest BCUT2D eigenvalue weighted by Crippen LogP contribution is -2.44. The molecule has 0 bridgehead atoms. The largest absolute Gasteiger partial charge is 0.373 e. The molecular weight excluding hydrogens is 366 g/mol. The summed E-state index contributed by atoms with van der Waals surface area (Å²) in [5, 5.41) is 5.27. The number of hydrogen-bond donors (Lipinski definition) is 2. The van der Waals surface area contributed by atoms with Crippen LogP contribution in [0, 0.1) is 13.8 Å². The van der Waals surface area contributed by atoms with E-state index in [9.17, 15) is 9.59 Å². The number of aromatic nitrogens is 3. The Morgan fingerprint density at radius 3 is 2.70 bits per heavy atom. The Bertz CT molecular complexity index is 868. The lowest BCUT2D eigenvalue weighted by molar-refractivity contribution is -0.115. The molecule has 1 saturated heterocycles. The second-order valence-electron chi connectivity index (χ2n) is 7.04. The van der Waals surface area contributed by atoms with E-state index in [0.29, 0.717) is 22.2 Å². The van der Waals surface area contributed by atoms with Crippen molar-refractivity contribution in [2.24, 2.45) is 0 Å². The summed E-state index contributed by atoms with van der Waals surface area (Å²) in [7, 11) is 0. The van der Waals surface area contributed by atoms with Crippen molar-refractivity contribution in [3.63, 3.8) is 0 Å². The minimum absolute atomic E-state index is 0.0259. The third-order valence-electron chi connectivity index (χ3n) is 4.36. The molecule has 2 atom stereocenters. The molecule has 27 heavy (non-hydrogen) atoms. The van der Waals surface area contributed by atoms with Crippen LogP contribution in [0.1, 0.15) is 36.6 Å². The third kappa shape index (κ3) is 5.21. The molecule has 2 N–H and O–H groups in total. The molecule has 0 spiro atoms. The molecule has 1 aliphatic heterocycles. The van der Waals surface area contributed by atoms with Crippen molar-refractivity contribution in [3.8, 4) is 0 Å². The van der Waals surface area contributed by atoms with Crippen molar-refractivity contribution < 1.29 is 9.53 Å². The van der Waals surface area contributed by atoms with Crippen LogP contribution in [0.4, 0.5) is 5.13 Å². The molecule has 0 saturated carbocycles. The molecule has 9 heteroatoms. The van der Waals surface area contributed by atoms with Crippen molar-refractivity contribution in [1.82, 2.24) is 19.9 Å². The van der Waals surface area contributed by atoms with Gasteiger partial charge in [0.1, 0.15) is 5.82 Å². The van der Waals surface area contributed by atoms with Crippen molar-refractivity contribution >= 4 is 22.4 Å². The van der Waals surface area contributed by atoms with Gasteiger partial charge in [-0.3, -0.25) is 14.5 Å². The number of morpholine rings is 1. The molecular formula is C18H25N5O3S. The van der Waals surface area contributed by atoms with E-state index in [-0.39, 0.29) is 30.1 Å². The van der Waals surface area contributed by atoms with Crippen molar-refractivity contribution in [2.45, 2.75) is 52.9 Å². The van der Waals surface area contributed by atoms with Gasteiger partial charge in [-0.25, -0.2) is 9.97 Å². The first-order valence-corrected chi connectivity index (χ1v) is 9.86. The summed E-state index contributed by atoms with van der Waals surface area (Å²) in [6, 6.07) is 0. The van der Waals surface area contributed by atoms with E-state index in [2.05, 4.69) is 39.0 Å². The molecule has 0 radical (unpaired) electrons. The number of hydrogen-bond acceptors (Lipinski definition) is 7. The van der Waals surface area contributed by atoms with Crippen molar-refractivity contribution in [3.05, 3.63) is 38.5 Å². The van der Waals surface area contributed by atoms with Crippen LogP contribution in [-0.4, -0.2) is 51.1 Å². The predicted molar refractivity (Wildman–Crippen MR) is 104 cm³/mol. The van der Waals surface area contributed by atoms with Gasteiger partial charge in [0.2, 0.25) is 5.91 Å². The van der Waals surface area contributed by atoms with Crippen LogP contribution < -0.4 is 10.9 Å². The summed E-state index contributed by atoms with van der Waals surface area (Å²) in [6.07, 6.45) is 0.383. The van der Waals surface area contributed by atoms with Crippen LogP contribution >= 0.6 is 11.3 Å². The van der Waals surface area contributed by atoms with Crippen LogP contribution in [0.15, 0.2) is 10.2 Å². The Labute approximate surface area is 162 Å². The van der Waals surface area contributed by atoms with Gasteiger partial charge in [-0.1, -0.05) is 0 Å². The molecule has 2 aromatic rings. The van der Waals surface area contributed by atoms with Gasteiger partial charge in [0.15, 0.2) is 5.13 Å².